The van der Waals surface area contributed by atoms with Gasteiger partial charge in [-0.3, -0.25) is 9.59 Å². The maximum Gasteiger partial charge on any atom is 0.243 e. The number of aromatic nitrogens is 1. The number of benzene rings is 1. The van der Waals surface area contributed by atoms with Crippen LogP contribution in [0.2, 0.25) is 5.02 Å². The summed E-state index contributed by atoms with van der Waals surface area (Å²) >= 11 is 5.82. The molecule has 2 aliphatic heterocycles. The van der Waals surface area contributed by atoms with Crippen molar-refractivity contribution in [2.24, 2.45) is 5.92 Å². The van der Waals surface area contributed by atoms with Gasteiger partial charge in [0.1, 0.15) is 5.82 Å². The van der Waals surface area contributed by atoms with Crippen molar-refractivity contribution in [3.8, 4) is 0 Å². The number of pyridine rings is 1. The fraction of sp³-hybridized carbons (Fsp3) is 0.409. The lowest BCUT2D eigenvalue weighted by Gasteiger charge is -2.31. The summed E-state index contributed by atoms with van der Waals surface area (Å²) < 4.78 is 28.0. The van der Waals surface area contributed by atoms with Gasteiger partial charge in [-0.2, -0.15) is 4.31 Å². The molecule has 1 N–H and O–H groups in total. The molecule has 2 aromatic rings. The van der Waals surface area contributed by atoms with E-state index in [1.807, 2.05) is 6.92 Å². The van der Waals surface area contributed by atoms with Gasteiger partial charge in [-0.15, -0.1) is 0 Å². The van der Waals surface area contributed by atoms with E-state index in [2.05, 4.69) is 10.3 Å². The molecule has 10 heteroatoms. The molecule has 1 aromatic heterocycles. The van der Waals surface area contributed by atoms with E-state index in [-0.39, 0.29) is 29.3 Å². The van der Waals surface area contributed by atoms with E-state index in [4.69, 9.17) is 11.6 Å². The Morgan fingerprint density at radius 3 is 2.69 bits per heavy atom. The topological polar surface area (TPSA) is 99.7 Å². The van der Waals surface area contributed by atoms with Gasteiger partial charge in [0.25, 0.3) is 0 Å². The maximum atomic E-state index is 13.3. The Labute approximate surface area is 192 Å². The first-order valence-corrected chi connectivity index (χ1v) is 12.3. The number of anilines is 2. The van der Waals surface area contributed by atoms with Gasteiger partial charge in [-0.25, -0.2) is 13.4 Å². The normalized spacial score (nSPS) is 21.3. The summed E-state index contributed by atoms with van der Waals surface area (Å²) in [4.78, 5) is 30.6. The minimum Gasteiger partial charge on any atom is -0.310 e. The predicted octanol–water partition coefficient (Wildman–Crippen LogP) is 3.07. The number of rotatable bonds is 4. The highest BCUT2D eigenvalue weighted by molar-refractivity contribution is 7.89. The van der Waals surface area contributed by atoms with Crippen LogP contribution in [-0.2, 0) is 26.0 Å². The summed E-state index contributed by atoms with van der Waals surface area (Å²) in [5.41, 5.74) is 1.60. The third-order valence-corrected chi connectivity index (χ3v) is 8.06. The lowest BCUT2D eigenvalue weighted by Crippen LogP contribution is -2.43. The Balaban J connectivity index is 1.50. The van der Waals surface area contributed by atoms with Crippen LogP contribution in [0.5, 0.6) is 0 Å². The van der Waals surface area contributed by atoms with Crippen LogP contribution < -0.4 is 10.2 Å². The second-order valence-corrected chi connectivity index (χ2v) is 10.7. The van der Waals surface area contributed by atoms with Crippen molar-refractivity contribution in [1.82, 2.24) is 9.29 Å². The van der Waals surface area contributed by atoms with Crippen LogP contribution >= 0.6 is 11.6 Å². The number of carbonyl (C=O) groups is 2. The fourth-order valence-electron chi connectivity index (χ4n) is 4.45. The molecule has 2 atom stereocenters. The number of hydrogen-bond donors (Lipinski definition) is 1. The number of hydrogen-bond acceptors (Lipinski definition) is 5. The number of sulfonamides is 1. The lowest BCUT2D eigenvalue weighted by molar-refractivity contribution is -0.121. The molecule has 1 aromatic carbocycles. The van der Waals surface area contributed by atoms with Crippen LogP contribution in [-0.4, -0.2) is 48.7 Å². The minimum absolute atomic E-state index is 0.00926. The quantitative estimate of drug-likeness (QED) is 0.731. The summed E-state index contributed by atoms with van der Waals surface area (Å²) in [6.45, 7) is 3.92. The van der Waals surface area contributed by atoms with E-state index < -0.39 is 15.9 Å². The van der Waals surface area contributed by atoms with Crippen molar-refractivity contribution < 1.29 is 18.0 Å². The molecule has 1 fully saturated rings. The summed E-state index contributed by atoms with van der Waals surface area (Å²) in [5.74, 6) is -0.424. The Morgan fingerprint density at radius 1 is 1.22 bits per heavy atom. The van der Waals surface area contributed by atoms with Gasteiger partial charge in [-0.1, -0.05) is 11.6 Å². The molecule has 0 radical (unpaired) electrons. The summed E-state index contributed by atoms with van der Waals surface area (Å²) in [5, 5.41) is 3.20. The Morgan fingerprint density at radius 2 is 2.00 bits per heavy atom. The average molecular weight is 477 g/mol. The van der Waals surface area contributed by atoms with Crippen LogP contribution in [0.1, 0.15) is 32.3 Å². The molecule has 0 saturated carbocycles. The third kappa shape index (κ3) is 4.37. The summed E-state index contributed by atoms with van der Waals surface area (Å²) in [6, 6.07) is 8.13. The van der Waals surface area contributed by atoms with E-state index in [9.17, 15) is 18.0 Å². The van der Waals surface area contributed by atoms with Gasteiger partial charge in [-0.05, 0) is 62.1 Å². The molecule has 3 heterocycles. The number of piperidine rings is 1. The third-order valence-electron chi connectivity index (χ3n) is 5.98. The standard InChI is InChI=1S/C22H25ClN4O4S/c1-14-10-17-11-19(6-7-20(17)27(14)15(2)28)32(30,31)26-9-3-4-16(13-26)22(29)25-21-8-5-18(23)12-24-21/h5-8,11-12,14,16H,3-4,9-10,13H2,1-2H3,(H,24,25,29)/t14-,16-/m0/s1. The summed E-state index contributed by atoms with van der Waals surface area (Å²) in [6.07, 6.45) is 3.24. The van der Waals surface area contributed by atoms with Gasteiger partial charge < -0.3 is 10.2 Å². The number of halogens is 1. The zero-order valence-corrected chi connectivity index (χ0v) is 19.5. The second kappa shape index (κ2) is 8.80. The lowest BCUT2D eigenvalue weighted by atomic mass is 9.99. The van der Waals surface area contributed by atoms with E-state index in [1.54, 1.807) is 35.2 Å². The van der Waals surface area contributed by atoms with Gasteiger partial charge in [0.2, 0.25) is 21.8 Å². The minimum atomic E-state index is -3.77. The molecule has 0 unspecified atom stereocenters. The van der Waals surface area contributed by atoms with Crippen molar-refractivity contribution in [1.29, 1.82) is 0 Å². The highest BCUT2D eigenvalue weighted by Gasteiger charge is 2.35. The van der Waals surface area contributed by atoms with Crippen molar-refractivity contribution in [3.05, 3.63) is 47.1 Å². The number of amides is 2. The first-order valence-electron chi connectivity index (χ1n) is 10.5. The summed E-state index contributed by atoms with van der Waals surface area (Å²) in [7, 11) is -3.77. The van der Waals surface area contributed by atoms with Crippen molar-refractivity contribution in [2.45, 2.75) is 44.0 Å². The van der Waals surface area contributed by atoms with E-state index in [0.29, 0.717) is 36.6 Å². The highest BCUT2D eigenvalue weighted by Crippen LogP contribution is 2.35. The smallest absolute Gasteiger partial charge is 0.243 e. The van der Waals surface area contributed by atoms with Gasteiger partial charge in [0, 0.05) is 37.9 Å². The molecule has 0 spiro atoms. The van der Waals surface area contributed by atoms with E-state index >= 15 is 0 Å². The SMILES string of the molecule is CC(=O)N1c2ccc(S(=O)(=O)N3CCC[C@H](C(=O)Nc4ccc(Cl)cn4)C3)cc2C[C@@H]1C. The molecule has 1 saturated heterocycles. The second-order valence-electron chi connectivity index (χ2n) is 8.29. The largest absolute Gasteiger partial charge is 0.310 e. The maximum absolute atomic E-state index is 13.3. The zero-order valence-electron chi connectivity index (χ0n) is 17.9. The molecule has 170 valence electrons. The monoisotopic (exact) mass is 476 g/mol. The molecule has 0 aliphatic carbocycles. The van der Waals surface area contributed by atoms with Crippen molar-refractivity contribution in [3.63, 3.8) is 0 Å². The van der Waals surface area contributed by atoms with Crippen LogP contribution in [0.25, 0.3) is 0 Å². The number of carbonyl (C=O) groups excluding carboxylic acids is 2. The first-order chi connectivity index (χ1) is 15.2. The fourth-order valence-corrected chi connectivity index (χ4v) is 6.14. The Hall–Kier alpha value is -2.49. The number of nitrogens with one attached hydrogen (secondary N) is 1. The molecular weight excluding hydrogens is 452 g/mol. The molecule has 2 amide bonds. The Kier molecular flexibility index (Phi) is 6.24. The van der Waals surface area contributed by atoms with Gasteiger partial charge >= 0.3 is 0 Å². The van der Waals surface area contributed by atoms with Crippen LogP contribution in [0.15, 0.2) is 41.4 Å². The van der Waals surface area contributed by atoms with Crippen LogP contribution in [0.4, 0.5) is 11.5 Å². The average Bonchev–Trinajstić information content (AvgIpc) is 3.10. The molecular formula is C22H25ClN4O4S. The molecule has 2 aliphatic rings. The molecule has 32 heavy (non-hydrogen) atoms. The highest BCUT2D eigenvalue weighted by atomic mass is 35.5. The number of fused-ring (bicyclic) bond motifs is 1. The Bertz CT molecular complexity index is 1150. The first kappa shape index (κ1) is 22.7. The van der Waals surface area contributed by atoms with Crippen molar-refractivity contribution >= 4 is 44.9 Å². The molecule has 8 nitrogen and oxygen atoms in total. The van der Waals surface area contributed by atoms with Gasteiger partial charge in [0.05, 0.1) is 15.8 Å². The van der Waals surface area contributed by atoms with Crippen LogP contribution in [0.3, 0.4) is 0 Å². The van der Waals surface area contributed by atoms with E-state index in [1.165, 1.54) is 17.4 Å². The number of nitrogens with zero attached hydrogens (tertiary/aromatic N) is 3. The van der Waals surface area contributed by atoms with Crippen molar-refractivity contribution in [2.75, 3.05) is 23.3 Å². The van der Waals surface area contributed by atoms with Gasteiger partial charge in [0.15, 0.2) is 0 Å². The molecule has 0 bridgehead atoms. The predicted molar refractivity (Wildman–Crippen MR) is 122 cm³/mol. The van der Waals surface area contributed by atoms with E-state index in [0.717, 1.165) is 11.3 Å². The van der Waals surface area contributed by atoms with Crippen LogP contribution in [0, 0.1) is 5.92 Å². The zero-order chi connectivity index (χ0) is 23.0. The molecule has 4 rings (SSSR count).